The van der Waals surface area contributed by atoms with E-state index < -0.39 is 6.10 Å². The lowest BCUT2D eigenvalue weighted by molar-refractivity contribution is 0.223. The summed E-state index contributed by atoms with van der Waals surface area (Å²) in [5, 5.41) is 11.0. The molecule has 2 aromatic rings. The van der Waals surface area contributed by atoms with Crippen molar-refractivity contribution < 1.29 is 5.11 Å². The topological polar surface area (TPSA) is 20.2 Å². The zero-order valence-electron chi connectivity index (χ0n) is 9.50. The third kappa shape index (κ3) is 2.74. The molecule has 0 aliphatic carbocycles. The molecular weight excluding hydrogens is 320 g/mol. The number of hydrogen-bond donors (Lipinski definition) is 1. The van der Waals surface area contributed by atoms with Gasteiger partial charge in [0.25, 0.3) is 0 Å². The standard InChI is InChI=1S/C13H12BrClOS/c1-7-3-4-8(2)9(5-7)12(16)11-6-10(15)13(14)17-11/h3-6,12,16H,1-2H3. The highest BCUT2D eigenvalue weighted by Gasteiger charge is 2.17. The fourth-order valence-corrected chi connectivity index (χ4v) is 3.46. The van der Waals surface area contributed by atoms with Crippen molar-refractivity contribution in [1.82, 2.24) is 0 Å². The predicted molar refractivity (Wildman–Crippen MR) is 77.0 cm³/mol. The van der Waals surface area contributed by atoms with Crippen LogP contribution >= 0.6 is 38.9 Å². The van der Waals surface area contributed by atoms with E-state index in [0.29, 0.717) is 5.02 Å². The van der Waals surface area contributed by atoms with Crippen molar-refractivity contribution in [2.45, 2.75) is 20.0 Å². The van der Waals surface area contributed by atoms with E-state index in [1.165, 1.54) is 11.3 Å². The second-order valence-electron chi connectivity index (χ2n) is 4.03. The van der Waals surface area contributed by atoms with Crippen molar-refractivity contribution >= 4 is 38.9 Å². The maximum absolute atomic E-state index is 10.4. The lowest BCUT2D eigenvalue weighted by Crippen LogP contribution is -2.00. The molecule has 1 unspecified atom stereocenters. The molecule has 1 nitrogen and oxygen atoms in total. The summed E-state index contributed by atoms with van der Waals surface area (Å²) in [4.78, 5) is 0.857. The highest BCUT2D eigenvalue weighted by atomic mass is 79.9. The van der Waals surface area contributed by atoms with Crippen molar-refractivity contribution in [2.24, 2.45) is 0 Å². The Morgan fingerprint density at radius 2 is 2.00 bits per heavy atom. The van der Waals surface area contributed by atoms with Crippen LogP contribution in [0.3, 0.4) is 0 Å². The van der Waals surface area contributed by atoms with Crippen molar-refractivity contribution in [2.75, 3.05) is 0 Å². The van der Waals surface area contributed by atoms with Gasteiger partial charge in [-0.05, 0) is 47.0 Å². The Hall–Kier alpha value is -0.350. The Labute approximate surface area is 118 Å². The number of halogens is 2. The number of aliphatic hydroxyl groups excluding tert-OH is 1. The molecule has 0 radical (unpaired) electrons. The maximum atomic E-state index is 10.4. The maximum Gasteiger partial charge on any atom is 0.114 e. The van der Waals surface area contributed by atoms with Crippen LogP contribution in [0.1, 0.15) is 27.7 Å². The Morgan fingerprint density at radius 1 is 1.29 bits per heavy atom. The fourth-order valence-electron chi connectivity index (χ4n) is 1.71. The van der Waals surface area contributed by atoms with E-state index in [-0.39, 0.29) is 0 Å². The molecule has 1 N–H and O–H groups in total. The number of thiophene rings is 1. The molecule has 0 saturated heterocycles. The highest BCUT2D eigenvalue weighted by molar-refractivity contribution is 9.11. The summed E-state index contributed by atoms with van der Waals surface area (Å²) in [5.74, 6) is 0. The summed E-state index contributed by atoms with van der Waals surface area (Å²) in [5.41, 5.74) is 3.17. The van der Waals surface area contributed by atoms with Crippen molar-refractivity contribution in [1.29, 1.82) is 0 Å². The Bertz CT molecular complexity index is 531. The zero-order valence-corrected chi connectivity index (χ0v) is 12.7. The first kappa shape index (κ1) is 13.1. The van der Waals surface area contributed by atoms with Gasteiger partial charge in [0.15, 0.2) is 0 Å². The predicted octanol–water partition coefficient (Wildman–Crippen LogP) is 4.86. The van der Waals surface area contributed by atoms with Crippen LogP contribution in [0.5, 0.6) is 0 Å². The number of aryl methyl sites for hydroxylation is 2. The molecule has 1 heterocycles. The Balaban J connectivity index is 2.42. The summed E-state index contributed by atoms with van der Waals surface area (Å²) in [7, 11) is 0. The van der Waals surface area contributed by atoms with Crippen LogP contribution in [0.4, 0.5) is 0 Å². The van der Waals surface area contributed by atoms with E-state index >= 15 is 0 Å². The molecule has 1 aromatic heterocycles. The van der Waals surface area contributed by atoms with Gasteiger partial charge >= 0.3 is 0 Å². The summed E-state index contributed by atoms with van der Waals surface area (Å²) in [6, 6.07) is 7.89. The second-order valence-corrected chi connectivity index (χ2v) is 6.84. The zero-order chi connectivity index (χ0) is 12.6. The molecular formula is C13H12BrClOS. The first-order chi connectivity index (χ1) is 7.99. The number of benzene rings is 1. The van der Waals surface area contributed by atoms with E-state index in [4.69, 9.17) is 11.6 Å². The number of hydrogen-bond acceptors (Lipinski definition) is 2. The van der Waals surface area contributed by atoms with Crippen LogP contribution in [0.15, 0.2) is 28.1 Å². The molecule has 17 heavy (non-hydrogen) atoms. The minimum Gasteiger partial charge on any atom is -0.383 e. The van der Waals surface area contributed by atoms with Crippen LogP contribution < -0.4 is 0 Å². The average Bonchev–Trinajstić information content (AvgIpc) is 2.62. The Morgan fingerprint density at radius 3 is 2.59 bits per heavy atom. The van der Waals surface area contributed by atoms with Gasteiger partial charge < -0.3 is 5.11 Å². The van der Waals surface area contributed by atoms with Gasteiger partial charge in [0.05, 0.1) is 8.81 Å². The van der Waals surface area contributed by atoms with Gasteiger partial charge in [0, 0.05) is 4.88 Å². The van der Waals surface area contributed by atoms with Gasteiger partial charge in [-0.25, -0.2) is 0 Å². The molecule has 0 aliphatic rings. The van der Waals surface area contributed by atoms with Crippen molar-refractivity contribution in [3.05, 3.63) is 54.6 Å². The van der Waals surface area contributed by atoms with Crippen LogP contribution in [0, 0.1) is 13.8 Å². The van der Waals surface area contributed by atoms with E-state index in [9.17, 15) is 5.11 Å². The SMILES string of the molecule is Cc1ccc(C)c(C(O)c2cc(Cl)c(Br)s2)c1. The van der Waals surface area contributed by atoms with E-state index in [0.717, 1.165) is 25.4 Å². The molecule has 2 rings (SSSR count). The van der Waals surface area contributed by atoms with Gasteiger partial charge in [-0.1, -0.05) is 35.4 Å². The van der Waals surface area contributed by atoms with Crippen LogP contribution in [0.25, 0.3) is 0 Å². The monoisotopic (exact) mass is 330 g/mol. The molecule has 0 saturated carbocycles. The highest BCUT2D eigenvalue weighted by Crippen LogP contribution is 2.38. The minimum atomic E-state index is -0.608. The van der Waals surface area contributed by atoms with Gasteiger partial charge in [0.2, 0.25) is 0 Å². The smallest absolute Gasteiger partial charge is 0.114 e. The van der Waals surface area contributed by atoms with Gasteiger partial charge in [-0.3, -0.25) is 0 Å². The summed E-state index contributed by atoms with van der Waals surface area (Å²) in [6.45, 7) is 4.02. The normalized spacial score (nSPS) is 12.8. The van der Waals surface area contributed by atoms with Gasteiger partial charge in [-0.15, -0.1) is 11.3 Å². The van der Waals surface area contributed by atoms with E-state index in [2.05, 4.69) is 15.9 Å². The third-order valence-corrected chi connectivity index (χ3v) is 5.19. The van der Waals surface area contributed by atoms with Gasteiger partial charge in [-0.2, -0.15) is 0 Å². The molecule has 0 spiro atoms. The molecule has 4 heteroatoms. The minimum absolute atomic E-state index is 0.608. The lowest BCUT2D eigenvalue weighted by atomic mass is 10.00. The van der Waals surface area contributed by atoms with E-state index in [1.807, 2.05) is 38.1 Å². The third-order valence-electron chi connectivity index (χ3n) is 2.66. The summed E-state index contributed by atoms with van der Waals surface area (Å²) in [6.07, 6.45) is -0.608. The molecule has 0 amide bonds. The Kier molecular flexibility index (Phi) is 3.93. The first-order valence-electron chi connectivity index (χ1n) is 5.19. The van der Waals surface area contributed by atoms with Crippen molar-refractivity contribution in [3.8, 4) is 0 Å². The summed E-state index contributed by atoms with van der Waals surface area (Å²) < 4.78 is 0.860. The van der Waals surface area contributed by atoms with Crippen molar-refractivity contribution in [3.63, 3.8) is 0 Å². The molecule has 0 aliphatic heterocycles. The average molecular weight is 332 g/mol. The largest absolute Gasteiger partial charge is 0.383 e. The van der Waals surface area contributed by atoms with Gasteiger partial charge in [0.1, 0.15) is 6.10 Å². The number of aliphatic hydroxyl groups is 1. The quantitative estimate of drug-likeness (QED) is 0.833. The first-order valence-corrected chi connectivity index (χ1v) is 7.17. The van der Waals surface area contributed by atoms with Crippen LogP contribution in [-0.2, 0) is 0 Å². The van der Waals surface area contributed by atoms with E-state index in [1.54, 1.807) is 0 Å². The van der Waals surface area contributed by atoms with Crippen LogP contribution in [0.2, 0.25) is 5.02 Å². The lowest BCUT2D eigenvalue weighted by Gasteiger charge is -2.12. The number of rotatable bonds is 2. The molecule has 0 bridgehead atoms. The molecule has 1 atom stereocenters. The fraction of sp³-hybridized carbons (Fsp3) is 0.231. The molecule has 0 fully saturated rings. The second kappa shape index (κ2) is 5.11. The molecule has 1 aromatic carbocycles. The van der Waals surface area contributed by atoms with Crippen LogP contribution in [-0.4, -0.2) is 5.11 Å². The summed E-state index contributed by atoms with van der Waals surface area (Å²) >= 11 is 10.8. The molecule has 90 valence electrons.